The van der Waals surface area contributed by atoms with Gasteiger partial charge in [-0.05, 0) is 42.5 Å². The maximum Gasteiger partial charge on any atom is 0.414 e. The molecular formula is C17H14BrFN2O3. The number of cyclic esters (lactones) is 1. The van der Waals surface area contributed by atoms with Crippen LogP contribution in [0.15, 0.2) is 53.0 Å². The Balaban J connectivity index is 1.58. The van der Waals surface area contributed by atoms with Crippen LogP contribution in [0.3, 0.4) is 0 Å². The number of carbonyl (C=O) groups excluding carboxylic acids is 2. The van der Waals surface area contributed by atoms with Crippen LogP contribution in [0.2, 0.25) is 0 Å². The fraction of sp³-hybridized carbons (Fsp3) is 0.176. The molecule has 0 aliphatic carbocycles. The Labute approximate surface area is 146 Å². The fourth-order valence-corrected chi connectivity index (χ4v) is 2.80. The van der Waals surface area contributed by atoms with E-state index in [1.807, 2.05) is 6.07 Å². The second-order valence-corrected chi connectivity index (χ2v) is 6.23. The number of hydrogen-bond donors (Lipinski definition) is 1. The standard InChI is InChI=1S/C17H14BrFN2O3/c18-12-3-1-2-11(8-12)16(22)20-9-15-10-21(17(23)24-15)14-6-4-13(19)5-7-14/h1-8,15H,9-10H2,(H,20,22). The van der Waals surface area contributed by atoms with Crippen molar-refractivity contribution in [2.75, 3.05) is 18.0 Å². The highest BCUT2D eigenvalue weighted by Gasteiger charge is 2.32. The lowest BCUT2D eigenvalue weighted by Crippen LogP contribution is -2.34. The first-order valence-electron chi connectivity index (χ1n) is 7.30. The Morgan fingerprint density at radius 3 is 2.75 bits per heavy atom. The quantitative estimate of drug-likeness (QED) is 0.867. The Kier molecular flexibility index (Phi) is 4.80. The van der Waals surface area contributed by atoms with E-state index in [0.717, 1.165) is 4.47 Å². The van der Waals surface area contributed by atoms with Gasteiger partial charge in [0.25, 0.3) is 5.91 Å². The van der Waals surface area contributed by atoms with Crippen LogP contribution in [0.25, 0.3) is 0 Å². The lowest BCUT2D eigenvalue weighted by molar-refractivity contribution is 0.0916. The summed E-state index contributed by atoms with van der Waals surface area (Å²) in [6.07, 6.45) is -0.970. The number of nitrogens with zero attached hydrogens (tertiary/aromatic N) is 1. The molecule has 24 heavy (non-hydrogen) atoms. The largest absolute Gasteiger partial charge is 0.442 e. The molecule has 1 aliphatic heterocycles. The summed E-state index contributed by atoms with van der Waals surface area (Å²) in [4.78, 5) is 25.4. The van der Waals surface area contributed by atoms with E-state index >= 15 is 0 Å². The van der Waals surface area contributed by atoms with Crippen molar-refractivity contribution < 1.29 is 18.7 Å². The van der Waals surface area contributed by atoms with Crippen molar-refractivity contribution in [3.63, 3.8) is 0 Å². The van der Waals surface area contributed by atoms with E-state index in [-0.39, 0.29) is 18.3 Å². The first-order chi connectivity index (χ1) is 11.5. The van der Waals surface area contributed by atoms with Crippen LogP contribution in [-0.2, 0) is 4.74 Å². The van der Waals surface area contributed by atoms with E-state index in [1.54, 1.807) is 18.2 Å². The zero-order chi connectivity index (χ0) is 17.1. The summed E-state index contributed by atoms with van der Waals surface area (Å²) in [6, 6.07) is 12.6. The Morgan fingerprint density at radius 2 is 2.04 bits per heavy atom. The third-order valence-electron chi connectivity index (χ3n) is 3.59. The average molecular weight is 393 g/mol. The maximum absolute atomic E-state index is 13.0. The van der Waals surface area contributed by atoms with Crippen molar-refractivity contribution in [3.8, 4) is 0 Å². The van der Waals surface area contributed by atoms with Crippen molar-refractivity contribution in [3.05, 3.63) is 64.4 Å². The number of halogens is 2. The van der Waals surface area contributed by atoms with Crippen LogP contribution in [0.4, 0.5) is 14.9 Å². The maximum atomic E-state index is 13.0. The summed E-state index contributed by atoms with van der Waals surface area (Å²) < 4.78 is 19.0. The molecule has 0 saturated carbocycles. The third kappa shape index (κ3) is 3.73. The molecule has 2 amide bonds. The Bertz CT molecular complexity index is 767. The van der Waals surface area contributed by atoms with E-state index < -0.39 is 12.2 Å². The summed E-state index contributed by atoms with van der Waals surface area (Å²) in [6.45, 7) is 0.498. The highest BCUT2D eigenvalue weighted by molar-refractivity contribution is 9.10. The van der Waals surface area contributed by atoms with Crippen LogP contribution >= 0.6 is 15.9 Å². The monoisotopic (exact) mass is 392 g/mol. The van der Waals surface area contributed by atoms with Crippen molar-refractivity contribution in [1.29, 1.82) is 0 Å². The first kappa shape index (κ1) is 16.4. The number of anilines is 1. The van der Waals surface area contributed by atoms with Gasteiger partial charge in [0, 0.05) is 15.7 Å². The van der Waals surface area contributed by atoms with Gasteiger partial charge in [-0.1, -0.05) is 22.0 Å². The summed E-state index contributed by atoms with van der Waals surface area (Å²) in [5, 5.41) is 2.75. The number of ether oxygens (including phenoxy) is 1. The van der Waals surface area contributed by atoms with Crippen LogP contribution in [0.1, 0.15) is 10.4 Å². The second kappa shape index (κ2) is 7.00. The van der Waals surface area contributed by atoms with Crippen LogP contribution in [-0.4, -0.2) is 31.2 Å². The third-order valence-corrected chi connectivity index (χ3v) is 4.08. The van der Waals surface area contributed by atoms with Crippen molar-refractivity contribution >= 4 is 33.6 Å². The molecule has 0 radical (unpaired) electrons. The van der Waals surface area contributed by atoms with Crippen LogP contribution < -0.4 is 10.2 Å². The summed E-state index contributed by atoms with van der Waals surface area (Å²) in [7, 11) is 0. The van der Waals surface area contributed by atoms with Gasteiger partial charge >= 0.3 is 6.09 Å². The molecule has 1 heterocycles. The highest BCUT2D eigenvalue weighted by atomic mass is 79.9. The molecule has 1 unspecified atom stereocenters. The van der Waals surface area contributed by atoms with E-state index in [1.165, 1.54) is 29.2 Å². The molecule has 1 N–H and O–H groups in total. The molecule has 5 nitrogen and oxygen atoms in total. The predicted molar refractivity (Wildman–Crippen MR) is 90.5 cm³/mol. The number of carbonyl (C=O) groups is 2. The molecule has 0 bridgehead atoms. The normalized spacial score (nSPS) is 16.8. The summed E-state index contributed by atoms with van der Waals surface area (Å²) in [5.41, 5.74) is 1.08. The Hall–Kier alpha value is -2.41. The molecule has 1 fully saturated rings. The molecule has 124 valence electrons. The van der Waals surface area contributed by atoms with Gasteiger partial charge in [0.15, 0.2) is 0 Å². The lowest BCUT2D eigenvalue weighted by Gasteiger charge is -2.13. The van der Waals surface area contributed by atoms with E-state index in [2.05, 4.69) is 21.2 Å². The molecule has 1 saturated heterocycles. The van der Waals surface area contributed by atoms with Crippen molar-refractivity contribution in [2.45, 2.75) is 6.10 Å². The van der Waals surface area contributed by atoms with E-state index in [9.17, 15) is 14.0 Å². The summed E-state index contributed by atoms with van der Waals surface area (Å²) in [5.74, 6) is -0.614. The van der Waals surface area contributed by atoms with E-state index in [4.69, 9.17) is 4.74 Å². The first-order valence-corrected chi connectivity index (χ1v) is 8.10. The molecule has 7 heteroatoms. The smallest absolute Gasteiger partial charge is 0.414 e. The molecule has 0 aromatic heterocycles. The van der Waals surface area contributed by atoms with Gasteiger partial charge < -0.3 is 10.1 Å². The highest BCUT2D eigenvalue weighted by Crippen LogP contribution is 2.21. The number of nitrogens with one attached hydrogen (secondary N) is 1. The fourth-order valence-electron chi connectivity index (χ4n) is 2.40. The molecule has 2 aromatic rings. The van der Waals surface area contributed by atoms with Gasteiger partial charge in [0.05, 0.1) is 13.1 Å². The van der Waals surface area contributed by atoms with Crippen LogP contribution in [0.5, 0.6) is 0 Å². The predicted octanol–water partition coefficient (Wildman–Crippen LogP) is 3.34. The Morgan fingerprint density at radius 1 is 1.29 bits per heavy atom. The topological polar surface area (TPSA) is 58.6 Å². The number of rotatable bonds is 4. The lowest BCUT2D eigenvalue weighted by atomic mass is 10.2. The van der Waals surface area contributed by atoms with Gasteiger partial charge in [-0.15, -0.1) is 0 Å². The van der Waals surface area contributed by atoms with Gasteiger partial charge in [-0.3, -0.25) is 9.69 Å². The van der Waals surface area contributed by atoms with Gasteiger partial charge in [-0.2, -0.15) is 0 Å². The van der Waals surface area contributed by atoms with E-state index in [0.29, 0.717) is 17.8 Å². The van der Waals surface area contributed by atoms with Gasteiger partial charge in [0.1, 0.15) is 11.9 Å². The molecule has 2 aromatic carbocycles. The van der Waals surface area contributed by atoms with Crippen molar-refractivity contribution in [1.82, 2.24) is 5.32 Å². The van der Waals surface area contributed by atoms with Gasteiger partial charge in [-0.25, -0.2) is 9.18 Å². The number of benzene rings is 2. The van der Waals surface area contributed by atoms with Crippen LogP contribution in [0, 0.1) is 5.82 Å². The minimum absolute atomic E-state index is 0.203. The molecule has 0 spiro atoms. The molecule has 1 aliphatic rings. The molecule has 1 atom stereocenters. The average Bonchev–Trinajstić information content (AvgIpc) is 2.94. The summed E-state index contributed by atoms with van der Waals surface area (Å²) >= 11 is 3.31. The van der Waals surface area contributed by atoms with Crippen molar-refractivity contribution in [2.24, 2.45) is 0 Å². The molecular weight excluding hydrogens is 379 g/mol. The zero-order valence-corrected chi connectivity index (χ0v) is 14.1. The minimum Gasteiger partial charge on any atom is -0.442 e. The number of hydrogen-bond acceptors (Lipinski definition) is 3. The molecule has 3 rings (SSSR count). The SMILES string of the molecule is O=C(NCC1CN(c2ccc(F)cc2)C(=O)O1)c1cccc(Br)c1. The minimum atomic E-state index is -0.511. The number of amides is 2. The zero-order valence-electron chi connectivity index (χ0n) is 12.5. The second-order valence-electron chi connectivity index (χ2n) is 5.31. The van der Waals surface area contributed by atoms with Gasteiger partial charge in [0.2, 0.25) is 0 Å².